The number of carbonyl (C=O) groups excluding carboxylic acids is 1. The summed E-state index contributed by atoms with van der Waals surface area (Å²) in [5.41, 5.74) is 4.02. The predicted octanol–water partition coefficient (Wildman–Crippen LogP) is 4.16. The summed E-state index contributed by atoms with van der Waals surface area (Å²) in [7, 11) is 0. The van der Waals surface area contributed by atoms with E-state index in [-0.39, 0.29) is 18.2 Å². The van der Waals surface area contributed by atoms with Gasteiger partial charge in [0.1, 0.15) is 0 Å². The lowest BCUT2D eigenvalue weighted by atomic mass is 9.95. The molecular weight excluding hydrogens is 314 g/mol. The average Bonchev–Trinajstić information content (AvgIpc) is 3.04. The van der Waals surface area contributed by atoms with E-state index in [4.69, 9.17) is 4.42 Å². The Bertz CT molecular complexity index is 872. The Morgan fingerprint density at radius 1 is 1.04 bits per heavy atom. The molecule has 1 amide bonds. The van der Waals surface area contributed by atoms with Gasteiger partial charge in [-0.15, -0.1) is 10.2 Å². The first-order valence-corrected chi connectivity index (χ1v) is 8.25. The fourth-order valence-corrected chi connectivity index (χ4v) is 2.76. The largest absolute Gasteiger partial charge is 0.425 e. The highest BCUT2D eigenvalue weighted by molar-refractivity contribution is 5.92. The molecule has 0 bridgehead atoms. The van der Waals surface area contributed by atoms with E-state index in [1.54, 1.807) is 6.92 Å². The molecule has 0 aliphatic rings. The van der Waals surface area contributed by atoms with Crippen LogP contribution in [0.25, 0.3) is 0 Å². The molecule has 0 fully saturated rings. The molecule has 1 heterocycles. The van der Waals surface area contributed by atoms with Crippen molar-refractivity contribution in [2.45, 2.75) is 33.1 Å². The fraction of sp³-hybridized carbons (Fsp3) is 0.250. The molecule has 0 aliphatic carbocycles. The number of carbonyl (C=O) groups is 1. The Labute approximate surface area is 147 Å². The topological polar surface area (TPSA) is 68.0 Å². The van der Waals surface area contributed by atoms with Crippen LogP contribution in [0.1, 0.15) is 40.8 Å². The number of hydrogen-bond donors (Lipinski definition) is 1. The van der Waals surface area contributed by atoms with E-state index in [1.807, 2.05) is 62.4 Å². The zero-order valence-corrected chi connectivity index (χ0v) is 14.6. The summed E-state index contributed by atoms with van der Waals surface area (Å²) >= 11 is 0. The van der Waals surface area contributed by atoms with Crippen LogP contribution in [-0.4, -0.2) is 16.1 Å². The molecular formula is C20H21N3O2. The van der Waals surface area contributed by atoms with Gasteiger partial charge in [-0.25, -0.2) is 0 Å². The molecule has 3 rings (SSSR count). The highest BCUT2D eigenvalue weighted by atomic mass is 16.4. The molecule has 25 heavy (non-hydrogen) atoms. The number of anilines is 1. The maximum Gasteiger partial charge on any atom is 0.225 e. The summed E-state index contributed by atoms with van der Waals surface area (Å²) < 4.78 is 5.59. The molecule has 0 aliphatic heterocycles. The van der Waals surface area contributed by atoms with Gasteiger partial charge in [0, 0.05) is 19.0 Å². The number of aromatic nitrogens is 2. The molecule has 1 aromatic heterocycles. The fourth-order valence-electron chi connectivity index (χ4n) is 2.76. The molecule has 1 atom stereocenters. The number of nitrogens with one attached hydrogen (secondary N) is 1. The van der Waals surface area contributed by atoms with Crippen LogP contribution >= 0.6 is 0 Å². The second-order valence-corrected chi connectivity index (χ2v) is 6.12. The van der Waals surface area contributed by atoms with Gasteiger partial charge in [0.25, 0.3) is 0 Å². The summed E-state index contributed by atoms with van der Waals surface area (Å²) in [6.07, 6.45) is 0.235. The third-order valence-corrected chi connectivity index (χ3v) is 4.31. The van der Waals surface area contributed by atoms with Gasteiger partial charge in [-0.2, -0.15) is 0 Å². The zero-order chi connectivity index (χ0) is 17.8. The first-order chi connectivity index (χ1) is 12.0. The van der Waals surface area contributed by atoms with Crippen molar-refractivity contribution in [3.63, 3.8) is 0 Å². The van der Waals surface area contributed by atoms with Gasteiger partial charge in [-0.1, -0.05) is 42.5 Å². The lowest BCUT2D eigenvalue weighted by Crippen LogP contribution is -2.17. The molecule has 3 aromatic rings. The van der Waals surface area contributed by atoms with Crippen LogP contribution in [-0.2, 0) is 4.79 Å². The minimum absolute atomic E-state index is 0.0848. The minimum Gasteiger partial charge on any atom is -0.425 e. The van der Waals surface area contributed by atoms with Crippen molar-refractivity contribution in [2.75, 3.05) is 5.32 Å². The molecule has 1 N–H and O–H groups in total. The van der Waals surface area contributed by atoms with Gasteiger partial charge >= 0.3 is 0 Å². The Hall–Kier alpha value is -2.95. The van der Waals surface area contributed by atoms with Gasteiger partial charge in [0.2, 0.25) is 17.7 Å². The molecule has 1 unspecified atom stereocenters. The Morgan fingerprint density at radius 3 is 2.48 bits per heavy atom. The van der Waals surface area contributed by atoms with Crippen molar-refractivity contribution in [1.82, 2.24) is 10.2 Å². The van der Waals surface area contributed by atoms with E-state index in [0.29, 0.717) is 11.8 Å². The monoisotopic (exact) mass is 335 g/mol. The van der Waals surface area contributed by atoms with Crippen LogP contribution in [0.3, 0.4) is 0 Å². The van der Waals surface area contributed by atoms with E-state index >= 15 is 0 Å². The summed E-state index contributed by atoms with van der Waals surface area (Å²) in [5.74, 6) is 0.594. The molecule has 128 valence electrons. The SMILES string of the molecule is Cc1nnc(C(CC(=O)Nc2cccc(C)c2C)c2ccccc2)o1. The minimum atomic E-state index is -0.271. The first kappa shape index (κ1) is 16.9. The summed E-state index contributed by atoms with van der Waals surface area (Å²) in [4.78, 5) is 12.6. The standard InChI is InChI=1S/C20H21N3O2/c1-13-8-7-11-18(14(13)2)21-19(24)12-17(16-9-5-4-6-10-16)20-23-22-15(3)25-20/h4-11,17H,12H2,1-3H3,(H,21,24). The number of benzene rings is 2. The average molecular weight is 335 g/mol. The van der Waals surface area contributed by atoms with Crippen LogP contribution in [0.5, 0.6) is 0 Å². The third-order valence-electron chi connectivity index (χ3n) is 4.31. The van der Waals surface area contributed by atoms with Crippen molar-refractivity contribution < 1.29 is 9.21 Å². The molecule has 0 saturated carbocycles. The van der Waals surface area contributed by atoms with E-state index in [1.165, 1.54) is 0 Å². The first-order valence-electron chi connectivity index (χ1n) is 8.25. The number of rotatable bonds is 5. The predicted molar refractivity (Wildman–Crippen MR) is 96.5 cm³/mol. The van der Waals surface area contributed by atoms with Gasteiger partial charge < -0.3 is 9.73 Å². The van der Waals surface area contributed by atoms with E-state index in [9.17, 15) is 4.79 Å². The Balaban J connectivity index is 1.83. The van der Waals surface area contributed by atoms with Crippen LogP contribution < -0.4 is 5.32 Å². The number of aryl methyl sites for hydroxylation is 2. The molecule has 0 radical (unpaired) electrons. The second kappa shape index (κ2) is 7.30. The van der Waals surface area contributed by atoms with E-state index in [0.717, 1.165) is 22.4 Å². The molecule has 5 heteroatoms. The third kappa shape index (κ3) is 3.94. The maximum absolute atomic E-state index is 12.6. The Kier molecular flexibility index (Phi) is 4.93. The highest BCUT2D eigenvalue weighted by Crippen LogP contribution is 2.28. The quantitative estimate of drug-likeness (QED) is 0.760. The normalized spacial score (nSPS) is 12.0. The van der Waals surface area contributed by atoms with Gasteiger partial charge in [0.15, 0.2) is 0 Å². The summed E-state index contributed by atoms with van der Waals surface area (Å²) in [6, 6.07) is 15.6. The Morgan fingerprint density at radius 2 is 1.80 bits per heavy atom. The van der Waals surface area contributed by atoms with Crippen LogP contribution in [0, 0.1) is 20.8 Å². The molecule has 5 nitrogen and oxygen atoms in total. The van der Waals surface area contributed by atoms with Crippen molar-refractivity contribution in [3.8, 4) is 0 Å². The van der Waals surface area contributed by atoms with E-state index in [2.05, 4.69) is 15.5 Å². The molecule has 2 aromatic carbocycles. The van der Waals surface area contributed by atoms with Crippen molar-refractivity contribution in [1.29, 1.82) is 0 Å². The number of hydrogen-bond acceptors (Lipinski definition) is 4. The lowest BCUT2D eigenvalue weighted by Gasteiger charge is -2.15. The number of amides is 1. The number of nitrogens with zero attached hydrogens (tertiary/aromatic N) is 2. The van der Waals surface area contributed by atoms with Gasteiger partial charge in [-0.05, 0) is 36.6 Å². The van der Waals surface area contributed by atoms with Crippen LogP contribution in [0.15, 0.2) is 52.9 Å². The molecule has 0 saturated heterocycles. The summed E-state index contributed by atoms with van der Waals surface area (Å²) in [5, 5.41) is 11.0. The molecule has 0 spiro atoms. The zero-order valence-electron chi connectivity index (χ0n) is 14.6. The van der Waals surface area contributed by atoms with Crippen molar-refractivity contribution >= 4 is 11.6 Å². The highest BCUT2D eigenvalue weighted by Gasteiger charge is 2.23. The van der Waals surface area contributed by atoms with Crippen LogP contribution in [0.4, 0.5) is 5.69 Å². The van der Waals surface area contributed by atoms with Crippen molar-refractivity contribution in [3.05, 3.63) is 77.0 Å². The van der Waals surface area contributed by atoms with Gasteiger partial charge in [0.05, 0.1) is 5.92 Å². The second-order valence-electron chi connectivity index (χ2n) is 6.12. The lowest BCUT2D eigenvalue weighted by molar-refractivity contribution is -0.116. The van der Waals surface area contributed by atoms with Crippen molar-refractivity contribution in [2.24, 2.45) is 0 Å². The smallest absolute Gasteiger partial charge is 0.225 e. The summed E-state index contributed by atoms with van der Waals surface area (Å²) in [6.45, 7) is 5.77. The maximum atomic E-state index is 12.6. The van der Waals surface area contributed by atoms with Gasteiger partial charge in [-0.3, -0.25) is 4.79 Å². The van der Waals surface area contributed by atoms with Crippen LogP contribution in [0.2, 0.25) is 0 Å². The van der Waals surface area contributed by atoms with E-state index < -0.39 is 0 Å².